The van der Waals surface area contributed by atoms with Gasteiger partial charge in [0.1, 0.15) is 22.8 Å². The van der Waals surface area contributed by atoms with Gasteiger partial charge in [-0.1, -0.05) is 0 Å². The molecule has 0 saturated carbocycles. The number of nitrogens with two attached hydrogens (primary N) is 1. The van der Waals surface area contributed by atoms with Crippen LogP contribution in [-0.4, -0.2) is 87.5 Å². The maximum Gasteiger partial charge on any atom is 0.272 e. The van der Waals surface area contributed by atoms with Gasteiger partial charge in [0, 0.05) is 89.8 Å². The maximum atomic E-state index is 13.4. The van der Waals surface area contributed by atoms with Crippen LogP contribution in [0.5, 0.6) is 0 Å². The number of halogens is 2. The molecule has 4 heterocycles. The van der Waals surface area contributed by atoms with E-state index in [-0.39, 0.29) is 47.9 Å². The molecule has 4 aromatic heterocycles. The Kier molecular flexibility index (Phi) is 12.0. The number of hydrogen-bond acceptors (Lipinski definition) is 6. The molecule has 4 amide bonds. The number of fused-ring (bicyclic) bond motifs is 1. The van der Waals surface area contributed by atoms with Crippen LogP contribution in [0.1, 0.15) is 64.2 Å². The number of aromatic nitrogens is 4. The minimum Gasteiger partial charge on any atom is -0.370 e. The van der Waals surface area contributed by atoms with Crippen LogP contribution in [0.15, 0.2) is 36.8 Å². The number of anilines is 4. The Morgan fingerprint density at radius 3 is 1.60 bits per heavy atom. The van der Waals surface area contributed by atoms with Crippen LogP contribution in [0.4, 0.5) is 22.7 Å². The number of amides is 4. The molecule has 0 aliphatic heterocycles. The first-order valence-corrected chi connectivity index (χ1v) is 17.7. The fourth-order valence-corrected chi connectivity index (χ4v) is 6.32. The van der Waals surface area contributed by atoms with Gasteiger partial charge in [0.05, 0.1) is 17.1 Å². The summed E-state index contributed by atoms with van der Waals surface area (Å²) in [6, 6.07) is 5.89. The van der Waals surface area contributed by atoms with Crippen molar-refractivity contribution in [3.05, 3.63) is 81.8 Å². The van der Waals surface area contributed by atoms with Gasteiger partial charge in [-0.15, -0.1) is 23.2 Å². The second kappa shape index (κ2) is 16.6. The summed E-state index contributed by atoms with van der Waals surface area (Å²) < 4.78 is 0. The molecular formula is C35H42Cl2N12O4. The predicted octanol–water partition coefficient (Wildman–Crippen LogP) is 4.64. The normalized spacial score (nSPS) is 11.0. The van der Waals surface area contributed by atoms with E-state index in [1.165, 1.54) is 12.4 Å². The number of hydrogen-bond donors (Lipinski definition) is 11. The van der Waals surface area contributed by atoms with Crippen molar-refractivity contribution < 1.29 is 19.2 Å². The van der Waals surface area contributed by atoms with Crippen LogP contribution in [0.3, 0.4) is 0 Å². The molecule has 0 atom stereocenters. The first kappa shape index (κ1) is 38.4. The van der Waals surface area contributed by atoms with E-state index in [2.05, 4.69) is 51.4 Å². The van der Waals surface area contributed by atoms with E-state index in [1.54, 1.807) is 27.0 Å². The standard InChI is InChI=1S/C35H42Cl2N12O4/c1-17-22-13-21(49(11-7-36)12-8-37)5-6-23(22)45-30(17)34(53)48-26-16-44-29(20(26)4)33(52)47-25-15-43-28(19(25)3)32(51)46-24-14-42-27(18(24)2)31(50)40-9-10-41-35(38)39/h5-6,13-16,42-45H,7-12H2,1-4H3,(H,40,50)(H,46,51)(H,47,52)(H,48,53)(H4,38,39,41). The topological polar surface area (TPSA) is 245 Å². The largest absolute Gasteiger partial charge is 0.370 e. The van der Waals surface area contributed by atoms with Gasteiger partial charge >= 0.3 is 0 Å². The smallest absolute Gasteiger partial charge is 0.272 e. The minimum atomic E-state index is -0.477. The number of carbonyl (C=O) groups excluding carboxylic acids is 4. The minimum absolute atomic E-state index is 0.195. The summed E-state index contributed by atoms with van der Waals surface area (Å²) in [7, 11) is 0. The van der Waals surface area contributed by atoms with E-state index in [0.717, 1.165) is 22.2 Å². The van der Waals surface area contributed by atoms with Gasteiger partial charge < -0.3 is 57.2 Å². The highest BCUT2D eigenvalue weighted by Gasteiger charge is 2.23. The van der Waals surface area contributed by atoms with E-state index in [4.69, 9.17) is 34.3 Å². The lowest BCUT2D eigenvalue weighted by Gasteiger charge is -2.23. The lowest BCUT2D eigenvalue weighted by molar-refractivity contribution is 0.0947. The zero-order valence-electron chi connectivity index (χ0n) is 29.6. The number of nitrogens with one attached hydrogen (secondary N) is 10. The molecule has 0 saturated heterocycles. The van der Waals surface area contributed by atoms with Crippen molar-refractivity contribution in [1.82, 2.24) is 30.6 Å². The van der Waals surface area contributed by atoms with E-state index in [9.17, 15) is 19.2 Å². The second-order valence-electron chi connectivity index (χ2n) is 12.3. The van der Waals surface area contributed by atoms with Gasteiger partial charge in [-0.3, -0.25) is 24.6 Å². The summed E-state index contributed by atoms with van der Waals surface area (Å²) in [4.78, 5) is 66.6. The molecule has 0 aliphatic carbocycles. The number of nitrogens with zero attached hydrogens (tertiary/aromatic N) is 1. The number of benzene rings is 1. The Labute approximate surface area is 314 Å². The third kappa shape index (κ3) is 8.45. The van der Waals surface area contributed by atoms with E-state index >= 15 is 0 Å². The summed E-state index contributed by atoms with van der Waals surface area (Å²) in [5.41, 5.74) is 11.7. The fourth-order valence-electron chi connectivity index (χ4n) is 5.91. The zero-order chi connectivity index (χ0) is 38.4. The first-order chi connectivity index (χ1) is 25.3. The lowest BCUT2D eigenvalue weighted by atomic mass is 10.1. The molecule has 280 valence electrons. The molecule has 53 heavy (non-hydrogen) atoms. The second-order valence-corrected chi connectivity index (χ2v) is 13.0. The van der Waals surface area contributed by atoms with Crippen LogP contribution in [0.2, 0.25) is 0 Å². The molecule has 1 aromatic carbocycles. The SMILES string of the molecule is Cc1c(NC(=O)c2[nH]cc(NC(=O)c3[nH]cc(NC(=O)c4[nH]c5ccc(N(CCCl)CCCl)cc5c4C)c3C)c2C)c[nH]c1C(=O)NCCNC(=N)N. The summed E-state index contributed by atoms with van der Waals surface area (Å²) >= 11 is 12.0. The Hall–Kier alpha value is -5.87. The number of H-pyrrole nitrogens is 4. The summed E-state index contributed by atoms with van der Waals surface area (Å²) in [6.07, 6.45) is 4.57. The summed E-state index contributed by atoms with van der Waals surface area (Å²) in [6.45, 7) is 8.77. The number of rotatable bonds is 15. The van der Waals surface area contributed by atoms with Crippen molar-refractivity contribution in [3.8, 4) is 0 Å². The van der Waals surface area contributed by atoms with Crippen molar-refractivity contribution in [2.45, 2.75) is 27.7 Å². The molecule has 18 heteroatoms. The molecule has 5 aromatic rings. The Morgan fingerprint density at radius 2 is 1.13 bits per heavy atom. The first-order valence-electron chi connectivity index (χ1n) is 16.7. The maximum absolute atomic E-state index is 13.4. The highest BCUT2D eigenvalue weighted by Crippen LogP contribution is 2.29. The molecule has 0 radical (unpaired) electrons. The van der Waals surface area contributed by atoms with Gasteiger partial charge in [0.15, 0.2) is 5.96 Å². The lowest BCUT2D eigenvalue weighted by Crippen LogP contribution is -2.37. The fraction of sp³-hybridized carbons (Fsp3) is 0.286. The molecule has 0 fully saturated rings. The number of aromatic amines is 4. The molecule has 12 N–H and O–H groups in total. The average Bonchev–Trinajstić information content (AvgIpc) is 3.88. The third-order valence-corrected chi connectivity index (χ3v) is 9.25. The Balaban J connectivity index is 1.22. The van der Waals surface area contributed by atoms with Gasteiger partial charge in [-0.25, -0.2) is 0 Å². The van der Waals surface area contributed by atoms with E-state index in [0.29, 0.717) is 64.3 Å². The van der Waals surface area contributed by atoms with Crippen LogP contribution < -0.4 is 37.2 Å². The Morgan fingerprint density at radius 1 is 0.679 bits per heavy atom. The van der Waals surface area contributed by atoms with Crippen LogP contribution in [0.25, 0.3) is 10.9 Å². The quantitative estimate of drug-likeness (QED) is 0.0312. The monoisotopic (exact) mass is 764 g/mol. The zero-order valence-corrected chi connectivity index (χ0v) is 31.1. The van der Waals surface area contributed by atoms with Crippen molar-refractivity contribution in [2.75, 3.05) is 58.8 Å². The van der Waals surface area contributed by atoms with Gasteiger partial charge in [0.25, 0.3) is 23.6 Å². The van der Waals surface area contributed by atoms with Gasteiger partial charge in [-0.05, 0) is 51.5 Å². The van der Waals surface area contributed by atoms with E-state index < -0.39 is 11.8 Å². The molecular weight excluding hydrogens is 723 g/mol. The molecule has 16 nitrogen and oxygen atoms in total. The summed E-state index contributed by atoms with van der Waals surface area (Å²) in [5.74, 6) is -0.977. The molecule has 0 aliphatic rings. The van der Waals surface area contributed by atoms with Gasteiger partial charge in [-0.2, -0.15) is 0 Å². The van der Waals surface area contributed by atoms with Crippen LogP contribution in [-0.2, 0) is 0 Å². The summed E-state index contributed by atoms with van der Waals surface area (Å²) in [5, 5.41) is 21.9. The highest BCUT2D eigenvalue weighted by molar-refractivity contribution is 6.18. The van der Waals surface area contributed by atoms with Crippen LogP contribution >= 0.6 is 23.2 Å². The predicted molar refractivity (Wildman–Crippen MR) is 209 cm³/mol. The van der Waals surface area contributed by atoms with Gasteiger partial charge in [0.2, 0.25) is 0 Å². The Bertz CT molecular complexity index is 2170. The molecule has 0 bridgehead atoms. The van der Waals surface area contributed by atoms with Crippen molar-refractivity contribution in [1.29, 1.82) is 5.41 Å². The van der Waals surface area contributed by atoms with E-state index in [1.807, 2.05) is 25.1 Å². The molecule has 5 rings (SSSR count). The van der Waals surface area contributed by atoms with Crippen LogP contribution in [0, 0.1) is 33.1 Å². The third-order valence-electron chi connectivity index (χ3n) is 8.91. The number of carbonyl (C=O) groups is 4. The highest BCUT2D eigenvalue weighted by atomic mass is 35.5. The number of alkyl halides is 2. The molecule has 0 unspecified atom stereocenters. The van der Waals surface area contributed by atoms with Crippen molar-refractivity contribution >= 4 is 86.4 Å². The number of aryl methyl sites for hydroxylation is 1. The van der Waals surface area contributed by atoms with Crippen molar-refractivity contribution in [2.24, 2.45) is 5.73 Å². The average molecular weight is 766 g/mol. The molecule has 0 spiro atoms. The van der Waals surface area contributed by atoms with Crippen molar-refractivity contribution in [3.63, 3.8) is 0 Å². The number of guanidine groups is 1.